The van der Waals surface area contributed by atoms with Crippen molar-refractivity contribution in [3.05, 3.63) is 27.3 Å². The van der Waals surface area contributed by atoms with Crippen LogP contribution in [0.15, 0.2) is 6.07 Å². The summed E-state index contributed by atoms with van der Waals surface area (Å²) in [5.74, 6) is -2.49. The highest BCUT2D eigenvalue weighted by molar-refractivity contribution is 5.41. The molecule has 0 bridgehead atoms. The molecular weight excluding hydrogens is 267 g/mol. The van der Waals surface area contributed by atoms with Crippen LogP contribution in [0.5, 0.6) is 5.88 Å². The minimum atomic E-state index is -5.26. The smallest absolute Gasteiger partial charge is 0.366 e. The number of rotatable bonds is 3. The minimum absolute atomic E-state index is 0.287. The Balaban J connectivity index is 3.35. The maximum absolute atomic E-state index is 12.5. The topological polar surface area (TPSA) is 65.3 Å². The van der Waals surface area contributed by atoms with E-state index in [1.165, 1.54) is 0 Å². The Morgan fingerprint density at radius 1 is 1.44 bits per heavy atom. The van der Waals surface area contributed by atoms with E-state index < -0.39 is 35.0 Å². The van der Waals surface area contributed by atoms with Gasteiger partial charge in [-0.1, -0.05) is 0 Å². The molecule has 0 aliphatic carbocycles. The summed E-state index contributed by atoms with van der Waals surface area (Å²) in [4.78, 5) is 12.2. The monoisotopic (exact) mass is 272 g/mol. The van der Waals surface area contributed by atoms with Gasteiger partial charge in [-0.25, -0.2) is 8.78 Å². The summed E-state index contributed by atoms with van der Waals surface area (Å²) < 4.78 is 64.0. The van der Waals surface area contributed by atoms with Crippen LogP contribution in [0.2, 0.25) is 0 Å². The van der Waals surface area contributed by atoms with Crippen molar-refractivity contribution in [1.29, 1.82) is 0 Å². The van der Waals surface area contributed by atoms with Crippen LogP contribution in [-0.2, 0) is 0 Å². The third-order valence-electron chi connectivity index (χ3n) is 1.80. The van der Waals surface area contributed by atoms with E-state index in [9.17, 15) is 32.1 Å². The molecule has 1 heterocycles. The van der Waals surface area contributed by atoms with Gasteiger partial charge in [-0.15, -0.1) is 13.2 Å². The van der Waals surface area contributed by atoms with Crippen LogP contribution in [0.3, 0.4) is 0 Å². The van der Waals surface area contributed by atoms with E-state index in [2.05, 4.69) is 9.72 Å². The summed E-state index contributed by atoms with van der Waals surface area (Å²) in [6.07, 6.45) is -8.56. The molecule has 0 aliphatic rings. The molecule has 0 radical (unpaired) electrons. The van der Waals surface area contributed by atoms with Crippen molar-refractivity contribution in [3.63, 3.8) is 0 Å². The molecule has 0 unspecified atom stereocenters. The third-order valence-corrected chi connectivity index (χ3v) is 1.80. The van der Waals surface area contributed by atoms with Gasteiger partial charge in [-0.2, -0.15) is 0 Å². The van der Waals surface area contributed by atoms with Crippen molar-refractivity contribution < 1.29 is 31.6 Å². The van der Waals surface area contributed by atoms with Gasteiger partial charge >= 0.3 is 18.1 Å². The average Bonchev–Trinajstić information content (AvgIpc) is 2.17. The number of halogens is 5. The summed E-state index contributed by atoms with van der Waals surface area (Å²) in [7, 11) is 0. The Hall–Kier alpha value is -2.00. The molecular formula is C8H5F5N2O3. The van der Waals surface area contributed by atoms with Crippen LogP contribution in [0.25, 0.3) is 0 Å². The molecule has 5 nitrogen and oxygen atoms in total. The quantitative estimate of drug-likeness (QED) is 0.481. The second kappa shape index (κ2) is 4.70. The normalized spacial score (nSPS) is 11.7. The number of nitrogens with zero attached hydrogens (tertiary/aromatic N) is 2. The molecule has 0 N–H and O–H groups in total. The Labute approximate surface area is 96.3 Å². The highest BCUT2D eigenvalue weighted by Gasteiger charge is 2.37. The lowest BCUT2D eigenvalue weighted by molar-refractivity contribution is -0.390. The standard InChI is InChI=1S/C8H5F5N2O3/c1-3-2-4(5(9)10)7(18-8(11,12)13)14-6(3)15(16)17/h2,5H,1H3. The molecule has 0 spiro atoms. The van der Waals surface area contributed by atoms with Crippen LogP contribution in [-0.4, -0.2) is 16.3 Å². The van der Waals surface area contributed by atoms with Crippen LogP contribution in [0.4, 0.5) is 27.8 Å². The highest BCUT2D eigenvalue weighted by atomic mass is 19.4. The lowest BCUT2D eigenvalue weighted by atomic mass is 10.2. The van der Waals surface area contributed by atoms with E-state index in [0.717, 1.165) is 6.92 Å². The first-order chi connectivity index (χ1) is 8.11. The van der Waals surface area contributed by atoms with Crippen molar-refractivity contribution in [1.82, 2.24) is 4.98 Å². The number of alkyl halides is 5. The van der Waals surface area contributed by atoms with E-state index >= 15 is 0 Å². The van der Waals surface area contributed by atoms with Gasteiger partial charge in [0.2, 0.25) is 0 Å². The molecule has 0 atom stereocenters. The predicted octanol–water partition coefficient (Wildman–Crippen LogP) is 3.13. The zero-order chi connectivity index (χ0) is 14.1. The molecule has 0 amide bonds. The average molecular weight is 272 g/mol. The Morgan fingerprint density at radius 2 is 2.00 bits per heavy atom. The summed E-state index contributed by atoms with van der Waals surface area (Å²) in [6.45, 7) is 1.08. The van der Waals surface area contributed by atoms with E-state index in [-0.39, 0.29) is 5.56 Å². The van der Waals surface area contributed by atoms with Gasteiger partial charge in [-0.05, 0) is 17.9 Å². The minimum Gasteiger partial charge on any atom is -0.366 e. The van der Waals surface area contributed by atoms with Gasteiger partial charge in [0.15, 0.2) is 0 Å². The van der Waals surface area contributed by atoms with E-state index in [4.69, 9.17) is 0 Å². The Kier molecular flexibility index (Phi) is 3.67. The maximum Gasteiger partial charge on any atom is 0.575 e. The van der Waals surface area contributed by atoms with Gasteiger partial charge < -0.3 is 14.9 Å². The van der Waals surface area contributed by atoms with Gasteiger partial charge in [0.25, 0.3) is 6.43 Å². The molecule has 1 rings (SSSR count). The fraction of sp³-hybridized carbons (Fsp3) is 0.375. The molecule has 100 valence electrons. The number of aryl methyl sites for hydroxylation is 1. The summed E-state index contributed by atoms with van der Waals surface area (Å²) in [5, 5.41) is 10.4. The van der Waals surface area contributed by atoms with Crippen molar-refractivity contribution in [2.45, 2.75) is 19.7 Å². The number of hydrogen-bond donors (Lipinski definition) is 0. The summed E-state index contributed by atoms with van der Waals surface area (Å²) >= 11 is 0. The first kappa shape index (κ1) is 14.1. The van der Waals surface area contributed by atoms with Crippen LogP contribution in [0.1, 0.15) is 17.6 Å². The van der Waals surface area contributed by atoms with E-state index in [0.29, 0.717) is 6.07 Å². The predicted molar refractivity (Wildman–Crippen MR) is 47.3 cm³/mol. The second-order valence-electron chi connectivity index (χ2n) is 3.13. The van der Waals surface area contributed by atoms with Crippen LogP contribution in [0, 0.1) is 17.0 Å². The molecule has 18 heavy (non-hydrogen) atoms. The van der Waals surface area contributed by atoms with E-state index in [1.807, 2.05) is 0 Å². The number of nitro groups is 1. The number of hydrogen-bond acceptors (Lipinski definition) is 4. The van der Waals surface area contributed by atoms with Crippen molar-refractivity contribution in [2.75, 3.05) is 0 Å². The van der Waals surface area contributed by atoms with Gasteiger partial charge in [0.1, 0.15) is 5.56 Å². The zero-order valence-electron chi connectivity index (χ0n) is 8.66. The lowest BCUT2D eigenvalue weighted by Gasteiger charge is -2.09. The number of pyridine rings is 1. The van der Waals surface area contributed by atoms with Crippen molar-refractivity contribution in [3.8, 4) is 5.88 Å². The zero-order valence-corrected chi connectivity index (χ0v) is 8.66. The van der Waals surface area contributed by atoms with Crippen molar-refractivity contribution in [2.24, 2.45) is 0 Å². The second-order valence-corrected chi connectivity index (χ2v) is 3.13. The maximum atomic E-state index is 12.5. The van der Waals surface area contributed by atoms with Gasteiger partial charge in [0.05, 0.1) is 0 Å². The molecule has 0 aliphatic heterocycles. The Bertz CT molecular complexity index is 475. The van der Waals surface area contributed by atoms with E-state index in [1.54, 1.807) is 0 Å². The Morgan fingerprint density at radius 3 is 2.39 bits per heavy atom. The molecule has 0 fully saturated rings. The number of ether oxygens (including phenoxy) is 1. The summed E-state index contributed by atoms with van der Waals surface area (Å²) in [6, 6.07) is 0.539. The molecule has 0 aromatic carbocycles. The SMILES string of the molecule is Cc1cc(C(F)F)c(OC(F)(F)F)nc1[N+](=O)[O-]. The van der Waals surface area contributed by atoms with Crippen LogP contribution >= 0.6 is 0 Å². The lowest BCUT2D eigenvalue weighted by Crippen LogP contribution is -2.19. The molecule has 10 heteroatoms. The number of aromatic nitrogens is 1. The van der Waals surface area contributed by atoms with Gasteiger partial charge in [0, 0.05) is 10.5 Å². The fourth-order valence-corrected chi connectivity index (χ4v) is 1.14. The van der Waals surface area contributed by atoms with Crippen molar-refractivity contribution >= 4 is 5.82 Å². The molecule has 0 saturated heterocycles. The summed E-state index contributed by atoms with van der Waals surface area (Å²) in [5.41, 5.74) is -1.44. The fourth-order valence-electron chi connectivity index (χ4n) is 1.14. The molecule has 1 aromatic rings. The molecule has 1 aromatic heterocycles. The molecule has 0 saturated carbocycles. The first-order valence-electron chi connectivity index (χ1n) is 4.31. The largest absolute Gasteiger partial charge is 0.575 e. The van der Waals surface area contributed by atoms with Gasteiger partial charge in [-0.3, -0.25) is 0 Å². The first-order valence-corrected chi connectivity index (χ1v) is 4.31. The third kappa shape index (κ3) is 3.25. The van der Waals surface area contributed by atoms with Crippen LogP contribution < -0.4 is 4.74 Å². The highest BCUT2D eigenvalue weighted by Crippen LogP contribution is 2.34.